The third-order valence-corrected chi connectivity index (χ3v) is 6.84. The van der Waals surface area contributed by atoms with Gasteiger partial charge < -0.3 is 5.73 Å². The fraction of sp³-hybridized carbons (Fsp3) is 0.481. The van der Waals surface area contributed by atoms with Gasteiger partial charge >= 0.3 is 0 Å². The first-order valence-electron chi connectivity index (χ1n) is 11.7. The Morgan fingerprint density at radius 3 is 2.13 bits per heavy atom. The molecule has 31 heavy (non-hydrogen) atoms. The van der Waals surface area contributed by atoms with Crippen molar-refractivity contribution in [2.24, 2.45) is 5.73 Å². The van der Waals surface area contributed by atoms with E-state index in [0.29, 0.717) is 0 Å². The molecule has 4 heteroatoms. The molecule has 1 fully saturated rings. The third kappa shape index (κ3) is 9.26. The van der Waals surface area contributed by atoms with Gasteiger partial charge in [-0.1, -0.05) is 51.5 Å². The molecule has 0 bridgehead atoms. The van der Waals surface area contributed by atoms with E-state index in [1.54, 1.807) is 10.4 Å². The SMILES string of the molecule is C=CCN1CCCCCC1.C=CN.CC.Cc1sc2c(c1-c1ccc(S)cc1)CCC2. The number of hydrogen-bond acceptors (Lipinski definition) is 4. The van der Waals surface area contributed by atoms with Gasteiger partial charge in [0.1, 0.15) is 0 Å². The van der Waals surface area contributed by atoms with Crippen LogP contribution in [0.1, 0.15) is 61.3 Å². The molecule has 0 atom stereocenters. The van der Waals surface area contributed by atoms with Gasteiger partial charge in [-0.25, -0.2) is 0 Å². The van der Waals surface area contributed by atoms with Crippen molar-refractivity contribution in [1.29, 1.82) is 0 Å². The Morgan fingerprint density at radius 1 is 1.00 bits per heavy atom. The minimum absolute atomic E-state index is 1.04. The summed E-state index contributed by atoms with van der Waals surface area (Å²) < 4.78 is 0. The van der Waals surface area contributed by atoms with Gasteiger partial charge in [-0.15, -0.1) is 30.5 Å². The number of rotatable bonds is 3. The van der Waals surface area contributed by atoms with Crippen LogP contribution in [0.2, 0.25) is 0 Å². The molecule has 0 spiro atoms. The van der Waals surface area contributed by atoms with Crippen LogP contribution < -0.4 is 5.73 Å². The molecular formula is C27H42N2S2. The molecule has 0 unspecified atom stereocenters. The number of fused-ring (bicyclic) bond motifs is 1. The van der Waals surface area contributed by atoms with Crippen LogP contribution in [0, 0.1) is 6.92 Å². The first-order chi connectivity index (χ1) is 15.1. The molecule has 1 aromatic heterocycles. The van der Waals surface area contributed by atoms with Crippen LogP contribution >= 0.6 is 24.0 Å². The van der Waals surface area contributed by atoms with Crippen molar-refractivity contribution in [3.05, 3.63) is 65.0 Å². The van der Waals surface area contributed by atoms with E-state index >= 15 is 0 Å². The van der Waals surface area contributed by atoms with E-state index in [0.717, 1.165) is 11.4 Å². The number of benzene rings is 1. The van der Waals surface area contributed by atoms with Crippen molar-refractivity contribution < 1.29 is 0 Å². The van der Waals surface area contributed by atoms with Crippen molar-refractivity contribution >= 4 is 24.0 Å². The molecule has 2 aliphatic rings. The lowest BCUT2D eigenvalue weighted by Gasteiger charge is -2.16. The van der Waals surface area contributed by atoms with Crippen LogP contribution in [0.25, 0.3) is 11.1 Å². The summed E-state index contributed by atoms with van der Waals surface area (Å²) in [5, 5.41) is 0. The number of aryl methyl sites for hydroxylation is 2. The zero-order chi connectivity index (χ0) is 23.1. The molecule has 172 valence electrons. The van der Waals surface area contributed by atoms with Gasteiger partial charge in [0, 0.05) is 21.2 Å². The molecule has 0 amide bonds. The monoisotopic (exact) mass is 458 g/mol. The quantitative estimate of drug-likeness (QED) is 0.365. The zero-order valence-corrected chi connectivity index (χ0v) is 21.5. The lowest BCUT2D eigenvalue weighted by Crippen LogP contribution is -2.24. The predicted octanol–water partition coefficient (Wildman–Crippen LogP) is 7.66. The Labute approximate surface area is 200 Å². The van der Waals surface area contributed by atoms with Crippen LogP contribution in [-0.4, -0.2) is 24.5 Å². The normalized spacial score (nSPS) is 15.0. The highest BCUT2D eigenvalue weighted by molar-refractivity contribution is 7.80. The fourth-order valence-electron chi connectivity index (χ4n) is 4.05. The molecule has 1 aliphatic heterocycles. The summed E-state index contributed by atoms with van der Waals surface area (Å²) >= 11 is 6.32. The average Bonchev–Trinajstić information content (AvgIpc) is 3.22. The molecule has 1 saturated heterocycles. The van der Waals surface area contributed by atoms with E-state index in [1.807, 2.05) is 31.3 Å². The molecule has 2 N–H and O–H groups in total. The molecule has 0 radical (unpaired) electrons. The maximum Gasteiger partial charge on any atom is 0.0160 e. The zero-order valence-electron chi connectivity index (χ0n) is 19.8. The van der Waals surface area contributed by atoms with Gasteiger partial charge in [0.15, 0.2) is 0 Å². The minimum atomic E-state index is 1.04. The highest BCUT2D eigenvalue weighted by Gasteiger charge is 2.20. The summed E-state index contributed by atoms with van der Waals surface area (Å²) in [6.07, 6.45) is 12.7. The second-order valence-electron chi connectivity index (χ2n) is 7.57. The van der Waals surface area contributed by atoms with Crippen molar-refractivity contribution in [2.75, 3.05) is 19.6 Å². The van der Waals surface area contributed by atoms with E-state index in [9.17, 15) is 0 Å². The Bertz CT molecular complexity index is 754. The number of likely N-dealkylation sites (tertiary alicyclic amines) is 1. The Morgan fingerprint density at radius 2 is 1.58 bits per heavy atom. The number of nitrogens with zero attached hydrogens (tertiary/aromatic N) is 1. The van der Waals surface area contributed by atoms with Gasteiger partial charge in [0.25, 0.3) is 0 Å². The van der Waals surface area contributed by atoms with E-state index in [1.165, 1.54) is 80.2 Å². The van der Waals surface area contributed by atoms with E-state index in [4.69, 9.17) is 0 Å². The van der Waals surface area contributed by atoms with E-state index in [2.05, 4.69) is 67.6 Å². The summed E-state index contributed by atoms with van der Waals surface area (Å²) in [5.74, 6) is 0. The topological polar surface area (TPSA) is 29.3 Å². The van der Waals surface area contributed by atoms with Gasteiger partial charge in [0.05, 0.1) is 0 Å². The summed E-state index contributed by atoms with van der Waals surface area (Å²) in [4.78, 5) is 6.60. The predicted molar refractivity (Wildman–Crippen MR) is 145 cm³/mol. The number of nitrogens with two attached hydrogens (primary N) is 1. The molecule has 2 heterocycles. The van der Waals surface area contributed by atoms with Gasteiger partial charge in [-0.3, -0.25) is 4.90 Å². The molecule has 1 aromatic carbocycles. The highest BCUT2D eigenvalue weighted by Crippen LogP contribution is 2.41. The molecule has 4 rings (SSSR count). The molecule has 0 saturated carbocycles. The Balaban J connectivity index is 0.000000276. The van der Waals surface area contributed by atoms with Crippen molar-refractivity contribution in [3.63, 3.8) is 0 Å². The summed E-state index contributed by atoms with van der Waals surface area (Å²) in [6.45, 7) is 16.8. The smallest absolute Gasteiger partial charge is 0.0160 e. The third-order valence-electron chi connectivity index (χ3n) is 5.34. The van der Waals surface area contributed by atoms with Crippen molar-refractivity contribution in [1.82, 2.24) is 4.90 Å². The van der Waals surface area contributed by atoms with Crippen LogP contribution in [0.4, 0.5) is 0 Å². The maximum atomic E-state index is 4.61. The summed E-state index contributed by atoms with van der Waals surface area (Å²) in [5.41, 5.74) is 9.06. The number of thiophene rings is 1. The highest BCUT2D eigenvalue weighted by atomic mass is 32.1. The Hall–Kier alpha value is -1.49. The van der Waals surface area contributed by atoms with E-state index < -0.39 is 0 Å². The van der Waals surface area contributed by atoms with Gasteiger partial charge in [0.2, 0.25) is 0 Å². The van der Waals surface area contributed by atoms with Gasteiger partial charge in [-0.05, 0) is 87.1 Å². The second-order valence-corrected chi connectivity index (χ2v) is 9.40. The van der Waals surface area contributed by atoms with Gasteiger partial charge in [-0.2, -0.15) is 0 Å². The second kappa shape index (κ2) is 16.2. The average molecular weight is 459 g/mol. The molecule has 2 aromatic rings. The summed E-state index contributed by atoms with van der Waals surface area (Å²) in [7, 11) is 0. The van der Waals surface area contributed by atoms with Crippen molar-refractivity contribution in [3.8, 4) is 11.1 Å². The lowest BCUT2D eigenvalue weighted by molar-refractivity contribution is 0.316. The van der Waals surface area contributed by atoms with Crippen LogP contribution in [0.15, 0.2) is 54.6 Å². The van der Waals surface area contributed by atoms with Crippen LogP contribution in [0.5, 0.6) is 0 Å². The largest absolute Gasteiger partial charge is 0.405 e. The first kappa shape index (κ1) is 27.5. The lowest BCUT2D eigenvalue weighted by atomic mass is 10.0. The Kier molecular flexibility index (Phi) is 14.4. The minimum Gasteiger partial charge on any atom is -0.405 e. The molecular weight excluding hydrogens is 416 g/mol. The number of hydrogen-bond donors (Lipinski definition) is 2. The molecule has 1 aliphatic carbocycles. The number of thiol groups is 1. The van der Waals surface area contributed by atoms with Crippen LogP contribution in [0.3, 0.4) is 0 Å². The fourth-order valence-corrected chi connectivity index (χ4v) is 5.48. The summed E-state index contributed by atoms with van der Waals surface area (Å²) in [6, 6.07) is 8.54. The molecule has 2 nitrogen and oxygen atoms in total. The van der Waals surface area contributed by atoms with Crippen molar-refractivity contribution in [2.45, 2.75) is 70.6 Å². The standard InChI is InChI=1S/C14H14S2.C9H17N.C2H5N.C2H6/c1-9-14(10-5-7-11(15)8-6-10)12-3-2-4-13(12)16-9;1-2-7-10-8-5-3-4-6-9-10;1-2-3;1-2/h5-8,15H,2-4H2,1H3;2H,1,3-9H2;2H,1,3H2;1-2H3. The first-order valence-corrected chi connectivity index (χ1v) is 12.9. The van der Waals surface area contributed by atoms with E-state index in [-0.39, 0.29) is 0 Å². The maximum absolute atomic E-state index is 4.61. The van der Waals surface area contributed by atoms with Crippen LogP contribution in [-0.2, 0) is 12.8 Å².